The van der Waals surface area contributed by atoms with Gasteiger partial charge in [0.25, 0.3) is 0 Å². The first-order valence-electron chi connectivity index (χ1n) is 7.29. The van der Waals surface area contributed by atoms with Crippen LogP contribution < -0.4 is 11.1 Å². The summed E-state index contributed by atoms with van der Waals surface area (Å²) in [6, 6.07) is 7.93. The first-order chi connectivity index (χ1) is 9.58. The summed E-state index contributed by atoms with van der Waals surface area (Å²) in [4.78, 5) is 13.0. The summed E-state index contributed by atoms with van der Waals surface area (Å²) in [6.07, 6.45) is 5.66. The summed E-state index contributed by atoms with van der Waals surface area (Å²) >= 11 is 5.19. The van der Waals surface area contributed by atoms with Gasteiger partial charge in [0, 0.05) is 5.69 Å². The zero-order chi connectivity index (χ0) is 14.6. The van der Waals surface area contributed by atoms with E-state index in [4.69, 9.17) is 18.0 Å². The van der Waals surface area contributed by atoms with Gasteiger partial charge >= 0.3 is 0 Å². The number of rotatable bonds is 4. The molecular formula is C16H22N2OS. The van der Waals surface area contributed by atoms with E-state index in [1.807, 2.05) is 18.2 Å². The number of carbonyl (C=O) groups is 1. The third-order valence-electron chi connectivity index (χ3n) is 4.21. The third-order valence-corrected chi connectivity index (χ3v) is 4.60. The van der Waals surface area contributed by atoms with Crippen molar-refractivity contribution in [2.45, 2.75) is 45.4 Å². The van der Waals surface area contributed by atoms with Gasteiger partial charge in [0.15, 0.2) is 0 Å². The zero-order valence-electron chi connectivity index (χ0n) is 11.9. The van der Waals surface area contributed by atoms with Crippen LogP contribution >= 0.6 is 12.2 Å². The molecule has 1 aromatic rings. The van der Waals surface area contributed by atoms with E-state index in [0.29, 0.717) is 4.99 Å². The lowest BCUT2D eigenvalue weighted by atomic mass is 9.73. The maximum Gasteiger partial charge on any atom is 0.237 e. The molecule has 1 saturated carbocycles. The van der Waals surface area contributed by atoms with Gasteiger partial charge in [-0.1, -0.05) is 50.5 Å². The molecule has 3 nitrogen and oxygen atoms in total. The van der Waals surface area contributed by atoms with Crippen LogP contribution in [-0.2, 0) is 11.2 Å². The summed E-state index contributed by atoms with van der Waals surface area (Å²) in [5, 5.41) is 3.00. The number of aryl methyl sites for hydroxylation is 1. The Bertz CT molecular complexity index is 507. The number of nitrogens with one attached hydrogen (secondary N) is 1. The van der Waals surface area contributed by atoms with Gasteiger partial charge < -0.3 is 11.1 Å². The van der Waals surface area contributed by atoms with Crippen molar-refractivity contribution in [2.24, 2.45) is 11.1 Å². The van der Waals surface area contributed by atoms with Crippen LogP contribution in [0.5, 0.6) is 0 Å². The molecule has 1 aliphatic carbocycles. The number of thiocarbonyl (C=S) groups is 1. The van der Waals surface area contributed by atoms with Gasteiger partial charge in [-0.3, -0.25) is 4.79 Å². The highest BCUT2D eigenvalue weighted by Crippen LogP contribution is 2.37. The normalized spacial score (nSPS) is 17.4. The van der Waals surface area contributed by atoms with E-state index in [1.165, 1.54) is 5.56 Å². The van der Waals surface area contributed by atoms with E-state index >= 15 is 0 Å². The van der Waals surface area contributed by atoms with E-state index in [1.54, 1.807) is 0 Å². The van der Waals surface area contributed by atoms with Gasteiger partial charge in [-0.15, -0.1) is 0 Å². The minimum atomic E-state index is -0.657. The molecule has 0 saturated heterocycles. The number of benzene rings is 1. The quantitative estimate of drug-likeness (QED) is 0.835. The van der Waals surface area contributed by atoms with Crippen molar-refractivity contribution in [3.8, 4) is 0 Å². The molecule has 1 aliphatic rings. The standard InChI is InChI=1S/C16H22N2OS/c1-2-12-7-6-8-13(11-12)18-15(19)16(14(17)20)9-4-3-5-10-16/h6-8,11H,2-5,9-10H2,1H3,(H2,17,20)(H,18,19). The van der Waals surface area contributed by atoms with Crippen molar-refractivity contribution in [1.82, 2.24) is 0 Å². The summed E-state index contributed by atoms with van der Waals surface area (Å²) in [5.74, 6) is -0.0436. The van der Waals surface area contributed by atoms with Crippen LogP contribution in [-0.4, -0.2) is 10.9 Å². The number of nitrogens with two attached hydrogens (primary N) is 1. The largest absolute Gasteiger partial charge is 0.392 e. The second-order valence-electron chi connectivity index (χ2n) is 5.52. The number of carbonyl (C=O) groups excluding carboxylic acids is 1. The number of anilines is 1. The van der Waals surface area contributed by atoms with Crippen molar-refractivity contribution < 1.29 is 4.79 Å². The Morgan fingerprint density at radius 3 is 2.65 bits per heavy atom. The first kappa shape index (κ1) is 15.0. The van der Waals surface area contributed by atoms with E-state index in [-0.39, 0.29) is 5.91 Å². The summed E-state index contributed by atoms with van der Waals surface area (Å²) in [7, 11) is 0. The Morgan fingerprint density at radius 2 is 2.05 bits per heavy atom. The molecule has 2 rings (SSSR count). The van der Waals surface area contributed by atoms with E-state index < -0.39 is 5.41 Å². The minimum absolute atomic E-state index is 0.0436. The topological polar surface area (TPSA) is 55.1 Å². The van der Waals surface area contributed by atoms with E-state index in [9.17, 15) is 4.79 Å². The monoisotopic (exact) mass is 290 g/mol. The molecule has 4 heteroatoms. The van der Waals surface area contributed by atoms with Crippen LogP contribution in [0.25, 0.3) is 0 Å². The molecule has 0 bridgehead atoms. The van der Waals surface area contributed by atoms with E-state index in [2.05, 4.69) is 18.3 Å². The van der Waals surface area contributed by atoms with Crippen molar-refractivity contribution in [3.05, 3.63) is 29.8 Å². The van der Waals surface area contributed by atoms with Crippen LogP contribution in [0, 0.1) is 5.41 Å². The number of amides is 1. The van der Waals surface area contributed by atoms with Crippen LogP contribution in [0.3, 0.4) is 0 Å². The maximum atomic E-state index is 12.7. The molecule has 1 aromatic carbocycles. The lowest BCUT2D eigenvalue weighted by Crippen LogP contribution is -2.47. The fraction of sp³-hybridized carbons (Fsp3) is 0.500. The molecule has 1 fully saturated rings. The summed E-state index contributed by atoms with van der Waals surface area (Å²) in [5.41, 5.74) is 7.26. The maximum absolute atomic E-state index is 12.7. The Hall–Kier alpha value is -1.42. The highest BCUT2D eigenvalue weighted by molar-refractivity contribution is 7.80. The number of hydrogen-bond donors (Lipinski definition) is 2. The Labute approximate surface area is 125 Å². The first-order valence-corrected chi connectivity index (χ1v) is 7.69. The molecule has 1 amide bonds. The molecule has 0 unspecified atom stereocenters. The molecule has 3 N–H and O–H groups in total. The second-order valence-corrected chi connectivity index (χ2v) is 5.95. The Balaban J connectivity index is 2.18. The third kappa shape index (κ3) is 3.01. The van der Waals surface area contributed by atoms with Crippen LogP contribution in [0.4, 0.5) is 5.69 Å². The smallest absolute Gasteiger partial charge is 0.237 e. The molecule has 0 spiro atoms. The molecule has 0 aromatic heterocycles. The lowest BCUT2D eigenvalue weighted by Gasteiger charge is -2.34. The molecule has 108 valence electrons. The van der Waals surface area contributed by atoms with Crippen molar-refractivity contribution in [1.29, 1.82) is 0 Å². The van der Waals surface area contributed by atoms with Gasteiger partial charge in [0.05, 0.1) is 10.4 Å². The van der Waals surface area contributed by atoms with Gasteiger partial charge in [-0.2, -0.15) is 0 Å². The molecular weight excluding hydrogens is 268 g/mol. The second kappa shape index (κ2) is 6.35. The average molecular weight is 290 g/mol. The van der Waals surface area contributed by atoms with Gasteiger partial charge in [-0.25, -0.2) is 0 Å². The van der Waals surface area contributed by atoms with Gasteiger partial charge in [0.1, 0.15) is 0 Å². The molecule has 0 heterocycles. The molecule has 20 heavy (non-hydrogen) atoms. The molecule has 0 atom stereocenters. The predicted octanol–water partition coefficient (Wildman–Crippen LogP) is 3.42. The predicted molar refractivity (Wildman–Crippen MR) is 86.8 cm³/mol. The Morgan fingerprint density at radius 1 is 1.35 bits per heavy atom. The lowest BCUT2D eigenvalue weighted by molar-refractivity contribution is -0.123. The Kier molecular flexibility index (Phi) is 4.76. The van der Waals surface area contributed by atoms with Crippen molar-refractivity contribution in [2.75, 3.05) is 5.32 Å². The minimum Gasteiger partial charge on any atom is -0.392 e. The number of hydrogen-bond acceptors (Lipinski definition) is 2. The highest BCUT2D eigenvalue weighted by Gasteiger charge is 2.42. The van der Waals surface area contributed by atoms with Crippen molar-refractivity contribution >= 4 is 28.8 Å². The van der Waals surface area contributed by atoms with Crippen LogP contribution in [0.2, 0.25) is 0 Å². The van der Waals surface area contributed by atoms with Crippen LogP contribution in [0.1, 0.15) is 44.6 Å². The molecule has 0 aliphatic heterocycles. The van der Waals surface area contributed by atoms with Gasteiger partial charge in [-0.05, 0) is 37.0 Å². The average Bonchev–Trinajstić information content (AvgIpc) is 2.48. The fourth-order valence-corrected chi connectivity index (χ4v) is 3.16. The fourth-order valence-electron chi connectivity index (χ4n) is 2.86. The molecule has 0 radical (unpaired) electrons. The summed E-state index contributed by atoms with van der Waals surface area (Å²) in [6.45, 7) is 2.10. The van der Waals surface area contributed by atoms with Crippen molar-refractivity contribution in [3.63, 3.8) is 0 Å². The highest BCUT2D eigenvalue weighted by atomic mass is 32.1. The zero-order valence-corrected chi connectivity index (χ0v) is 12.8. The summed E-state index contributed by atoms with van der Waals surface area (Å²) < 4.78 is 0. The van der Waals surface area contributed by atoms with Gasteiger partial charge in [0.2, 0.25) is 5.91 Å². The van der Waals surface area contributed by atoms with Crippen LogP contribution in [0.15, 0.2) is 24.3 Å². The SMILES string of the molecule is CCc1cccc(NC(=O)C2(C(N)=S)CCCCC2)c1. The van der Waals surface area contributed by atoms with E-state index in [0.717, 1.165) is 44.2 Å².